The van der Waals surface area contributed by atoms with Crippen LogP contribution in [0.2, 0.25) is 0 Å². The van der Waals surface area contributed by atoms with E-state index in [1.54, 1.807) is 0 Å². The first-order valence-corrected chi connectivity index (χ1v) is 7.20. The molecule has 1 aliphatic carbocycles. The van der Waals surface area contributed by atoms with Crippen LogP contribution in [0.15, 0.2) is 0 Å². The van der Waals surface area contributed by atoms with Gasteiger partial charge in [-0.1, -0.05) is 13.8 Å². The van der Waals surface area contributed by atoms with E-state index in [9.17, 15) is 4.79 Å². The largest absolute Gasteiger partial charge is 0.378 e. The van der Waals surface area contributed by atoms with Crippen molar-refractivity contribution in [1.82, 2.24) is 10.6 Å². The molecule has 1 aliphatic rings. The molecule has 0 heterocycles. The Bertz CT molecular complexity index is 265. The molecule has 106 valence electrons. The number of hydrogen-bond acceptors (Lipinski definition) is 3. The Balaban J connectivity index is 2.53. The third-order valence-corrected chi connectivity index (χ3v) is 4.41. The van der Waals surface area contributed by atoms with Gasteiger partial charge in [-0.2, -0.15) is 0 Å². The van der Waals surface area contributed by atoms with E-state index < -0.39 is 0 Å². The highest BCUT2D eigenvalue weighted by atomic mass is 16.5. The highest BCUT2D eigenvalue weighted by molar-refractivity contribution is 5.76. The average molecular weight is 256 g/mol. The molecule has 0 aromatic heterocycles. The van der Waals surface area contributed by atoms with Crippen molar-refractivity contribution in [2.75, 3.05) is 20.2 Å². The topological polar surface area (TPSA) is 50.4 Å². The van der Waals surface area contributed by atoms with Crippen LogP contribution in [0, 0.1) is 5.41 Å². The highest BCUT2D eigenvalue weighted by Crippen LogP contribution is 2.48. The number of amides is 1. The van der Waals surface area contributed by atoms with Gasteiger partial charge in [-0.05, 0) is 33.2 Å². The van der Waals surface area contributed by atoms with Gasteiger partial charge in [0.1, 0.15) is 0 Å². The Morgan fingerprint density at radius 3 is 2.50 bits per heavy atom. The van der Waals surface area contributed by atoms with Crippen molar-refractivity contribution >= 4 is 5.91 Å². The fraction of sp³-hybridized carbons (Fsp3) is 0.929. The second-order valence-electron chi connectivity index (χ2n) is 5.09. The average Bonchev–Trinajstić information content (AvgIpc) is 2.36. The molecule has 1 fully saturated rings. The number of nitrogens with one attached hydrogen (secondary N) is 2. The van der Waals surface area contributed by atoms with E-state index in [4.69, 9.17) is 4.74 Å². The molecule has 0 saturated heterocycles. The quantitative estimate of drug-likeness (QED) is 0.695. The molecule has 1 amide bonds. The maximum atomic E-state index is 11.8. The van der Waals surface area contributed by atoms with Crippen LogP contribution >= 0.6 is 0 Å². The van der Waals surface area contributed by atoms with Crippen LogP contribution in [-0.2, 0) is 9.53 Å². The molecule has 2 unspecified atom stereocenters. The molecule has 0 spiro atoms. The summed E-state index contributed by atoms with van der Waals surface area (Å²) in [6.07, 6.45) is 3.94. The Kier molecular flexibility index (Phi) is 6.09. The van der Waals surface area contributed by atoms with Crippen molar-refractivity contribution in [2.24, 2.45) is 5.41 Å². The maximum Gasteiger partial charge on any atom is 0.221 e. The molecule has 0 aliphatic heterocycles. The fourth-order valence-corrected chi connectivity index (χ4v) is 3.09. The maximum absolute atomic E-state index is 11.8. The van der Waals surface area contributed by atoms with Gasteiger partial charge in [0.2, 0.25) is 5.91 Å². The molecule has 0 radical (unpaired) electrons. The molecular weight excluding hydrogens is 228 g/mol. The van der Waals surface area contributed by atoms with Crippen LogP contribution in [0.1, 0.15) is 46.5 Å². The van der Waals surface area contributed by atoms with Crippen molar-refractivity contribution in [1.29, 1.82) is 0 Å². The number of hydrogen-bond donors (Lipinski definition) is 2. The van der Waals surface area contributed by atoms with E-state index in [-0.39, 0.29) is 17.4 Å². The summed E-state index contributed by atoms with van der Waals surface area (Å²) in [5.74, 6) is 0.149. The van der Waals surface area contributed by atoms with Crippen molar-refractivity contribution in [3.63, 3.8) is 0 Å². The Hall–Kier alpha value is -0.610. The molecule has 1 saturated carbocycles. The standard InChI is InChI=1S/C14H28N2O2/c1-5-14(6-2)11(10-12(14)18-7-3)16-13(17)8-9-15-4/h11-12,15H,5-10H2,1-4H3,(H,16,17). The van der Waals surface area contributed by atoms with Crippen molar-refractivity contribution in [3.05, 3.63) is 0 Å². The molecule has 0 bridgehead atoms. The lowest BCUT2D eigenvalue weighted by Gasteiger charge is -2.55. The van der Waals surface area contributed by atoms with E-state index in [2.05, 4.69) is 24.5 Å². The number of rotatable bonds is 8. The van der Waals surface area contributed by atoms with E-state index in [0.717, 1.165) is 32.4 Å². The van der Waals surface area contributed by atoms with Crippen LogP contribution in [0.4, 0.5) is 0 Å². The first kappa shape index (κ1) is 15.4. The van der Waals surface area contributed by atoms with Gasteiger partial charge in [0.25, 0.3) is 0 Å². The fourth-order valence-electron chi connectivity index (χ4n) is 3.09. The first-order valence-electron chi connectivity index (χ1n) is 7.20. The zero-order chi connectivity index (χ0) is 13.6. The van der Waals surface area contributed by atoms with Crippen molar-refractivity contribution < 1.29 is 9.53 Å². The molecular formula is C14H28N2O2. The normalized spacial score (nSPS) is 25.6. The molecule has 0 aromatic carbocycles. The minimum atomic E-state index is 0.144. The van der Waals surface area contributed by atoms with Crippen molar-refractivity contribution in [3.8, 4) is 0 Å². The van der Waals surface area contributed by atoms with Crippen LogP contribution in [-0.4, -0.2) is 38.3 Å². The molecule has 1 rings (SSSR count). The summed E-state index contributed by atoms with van der Waals surface area (Å²) in [6, 6.07) is 0.286. The predicted molar refractivity (Wildman–Crippen MR) is 73.5 cm³/mol. The van der Waals surface area contributed by atoms with E-state index in [1.165, 1.54) is 0 Å². The van der Waals surface area contributed by atoms with Crippen molar-refractivity contribution in [2.45, 2.75) is 58.6 Å². The SMILES string of the molecule is CCOC1CC(NC(=O)CCNC)C1(CC)CC. The second kappa shape index (κ2) is 7.10. The highest BCUT2D eigenvalue weighted by Gasteiger charge is 2.53. The predicted octanol–water partition coefficient (Wildman–Crippen LogP) is 1.70. The molecule has 4 heteroatoms. The van der Waals surface area contributed by atoms with Crippen LogP contribution < -0.4 is 10.6 Å². The third kappa shape index (κ3) is 3.04. The Labute approximate surface area is 111 Å². The monoisotopic (exact) mass is 256 g/mol. The summed E-state index contributed by atoms with van der Waals surface area (Å²) in [5, 5.41) is 6.17. The molecule has 18 heavy (non-hydrogen) atoms. The Morgan fingerprint density at radius 2 is 2.00 bits per heavy atom. The molecule has 0 aromatic rings. The molecule has 2 N–H and O–H groups in total. The summed E-state index contributed by atoms with van der Waals surface area (Å²) in [4.78, 5) is 11.8. The molecule has 2 atom stereocenters. The number of carbonyl (C=O) groups is 1. The summed E-state index contributed by atoms with van der Waals surface area (Å²) in [5.41, 5.74) is 0.144. The summed E-state index contributed by atoms with van der Waals surface area (Å²) in [7, 11) is 1.87. The van der Waals surface area contributed by atoms with Gasteiger partial charge >= 0.3 is 0 Å². The van der Waals surface area contributed by atoms with E-state index in [1.807, 2.05) is 14.0 Å². The minimum absolute atomic E-state index is 0.144. The summed E-state index contributed by atoms with van der Waals surface area (Å²) >= 11 is 0. The Morgan fingerprint density at radius 1 is 1.33 bits per heavy atom. The zero-order valence-electron chi connectivity index (χ0n) is 12.2. The van der Waals surface area contributed by atoms with Gasteiger partial charge in [0.15, 0.2) is 0 Å². The van der Waals surface area contributed by atoms with E-state index >= 15 is 0 Å². The molecule has 4 nitrogen and oxygen atoms in total. The van der Waals surface area contributed by atoms with Gasteiger partial charge in [0.05, 0.1) is 6.10 Å². The first-order chi connectivity index (χ1) is 8.64. The third-order valence-electron chi connectivity index (χ3n) is 4.41. The van der Waals surface area contributed by atoms with Crippen LogP contribution in [0.5, 0.6) is 0 Å². The number of ether oxygens (including phenoxy) is 1. The lowest BCUT2D eigenvalue weighted by molar-refractivity contribution is -0.148. The van der Waals surface area contributed by atoms with E-state index in [0.29, 0.717) is 12.5 Å². The number of carbonyl (C=O) groups excluding carboxylic acids is 1. The van der Waals surface area contributed by atoms with Gasteiger partial charge in [0, 0.05) is 31.0 Å². The van der Waals surface area contributed by atoms with Crippen LogP contribution in [0.3, 0.4) is 0 Å². The van der Waals surface area contributed by atoms with Gasteiger partial charge in [-0.25, -0.2) is 0 Å². The van der Waals surface area contributed by atoms with Gasteiger partial charge in [-0.3, -0.25) is 4.79 Å². The summed E-state index contributed by atoms with van der Waals surface area (Å²) in [6.45, 7) is 7.92. The zero-order valence-corrected chi connectivity index (χ0v) is 12.2. The van der Waals surface area contributed by atoms with Crippen LogP contribution in [0.25, 0.3) is 0 Å². The lowest BCUT2D eigenvalue weighted by Crippen LogP contribution is -2.64. The van der Waals surface area contributed by atoms with Gasteiger partial charge in [-0.15, -0.1) is 0 Å². The smallest absolute Gasteiger partial charge is 0.221 e. The lowest BCUT2D eigenvalue weighted by atomic mass is 9.58. The minimum Gasteiger partial charge on any atom is -0.378 e. The van der Waals surface area contributed by atoms with Gasteiger partial charge < -0.3 is 15.4 Å². The second-order valence-corrected chi connectivity index (χ2v) is 5.09. The summed E-state index contributed by atoms with van der Waals surface area (Å²) < 4.78 is 5.80.